The van der Waals surface area contributed by atoms with Crippen molar-refractivity contribution in [2.75, 3.05) is 20.6 Å². The summed E-state index contributed by atoms with van der Waals surface area (Å²) in [6.45, 7) is 1.44. The van der Waals surface area contributed by atoms with Crippen molar-refractivity contribution in [1.82, 2.24) is 30.0 Å². The molecular formula is C16H20N6O. The predicted molar refractivity (Wildman–Crippen MR) is 84.5 cm³/mol. The second kappa shape index (κ2) is 6.78. The smallest absolute Gasteiger partial charge is 0.274 e. The van der Waals surface area contributed by atoms with Gasteiger partial charge in [0.1, 0.15) is 0 Å². The Morgan fingerprint density at radius 2 is 2.26 bits per heavy atom. The number of hydrogen-bond acceptors (Lipinski definition) is 6. The van der Waals surface area contributed by atoms with E-state index in [-0.39, 0.29) is 11.9 Å². The number of likely N-dealkylation sites (tertiary alicyclic amines) is 1. The average Bonchev–Trinajstić information content (AvgIpc) is 3.04. The van der Waals surface area contributed by atoms with Gasteiger partial charge < -0.3 is 9.80 Å². The molecule has 1 fully saturated rings. The molecule has 2 aromatic heterocycles. The van der Waals surface area contributed by atoms with Crippen molar-refractivity contribution < 1.29 is 4.79 Å². The summed E-state index contributed by atoms with van der Waals surface area (Å²) in [7, 11) is 3.99. The number of rotatable bonds is 4. The lowest BCUT2D eigenvalue weighted by Gasteiger charge is -2.24. The van der Waals surface area contributed by atoms with Crippen LogP contribution in [0.25, 0.3) is 0 Å². The van der Waals surface area contributed by atoms with Gasteiger partial charge in [0.25, 0.3) is 5.91 Å². The van der Waals surface area contributed by atoms with Crippen molar-refractivity contribution in [3.63, 3.8) is 0 Å². The molecule has 0 aliphatic carbocycles. The minimum absolute atomic E-state index is 0.0425. The van der Waals surface area contributed by atoms with Gasteiger partial charge in [-0.25, -0.2) is 0 Å². The van der Waals surface area contributed by atoms with Gasteiger partial charge in [0.05, 0.1) is 23.6 Å². The fraction of sp³-hybridized carbons (Fsp3) is 0.438. The second-order valence-corrected chi connectivity index (χ2v) is 5.94. The lowest BCUT2D eigenvalue weighted by Crippen LogP contribution is -2.32. The van der Waals surface area contributed by atoms with E-state index in [0.717, 1.165) is 30.8 Å². The van der Waals surface area contributed by atoms with Crippen molar-refractivity contribution in [2.45, 2.75) is 25.4 Å². The predicted octanol–water partition coefficient (Wildman–Crippen LogP) is 1.31. The Morgan fingerprint density at radius 1 is 1.39 bits per heavy atom. The summed E-state index contributed by atoms with van der Waals surface area (Å²) >= 11 is 0. The molecule has 0 bridgehead atoms. The molecule has 1 aliphatic heterocycles. The van der Waals surface area contributed by atoms with Crippen molar-refractivity contribution in [3.8, 4) is 0 Å². The van der Waals surface area contributed by atoms with E-state index < -0.39 is 0 Å². The first kappa shape index (κ1) is 15.5. The fourth-order valence-corrected chi connectivity index (χ4v) is 2.86. The molecule has 0 radical (unpaired) electrons. The van der Waals surface area contributed by atoms with E-state index in [1.807, 2.05) is 23.9 Å². The Hall–Kier alpha value is -2.41. The molecule has 120 valence electrons. The number of aromatic nitrogens is 4. The van der Waals surface area contributed by atoms with Crippen LogP contribution in [0.1, 0.15) is 40.8 Å². The summed E-state index contributed by atoms with van der Waals surface area (Å²) in [5, 5.41) is 7.72. The van der Waals surface area contributed by atoms with Crippen LogP contribution in [-0.2, 0) is 6.54 Å². The molecule has 0 unspecified atom stereocenters. The van der Waals surface area contributed by atoms with Gasteiger partial charge in [-0.3, -0.25) is 14.8 Å². The molecule has 7 heteroatoms. The van der Waals surface area contributed by atoms with Crippen LogP contribution in [0, 0.1) is 0 Å². The lowest BCUT2D eigenvalue weighted by atomic mass is 10.1. The van der Waals surface area contributed by atoms with Gasteiger partial charge in [0.15, 0.2) is 5.69 Å². The van der Waals surface area contributed by atoms with E-state index in [0.29, 0.717) is 12.2 Å². The Morgan fingerprint density at radius 3 is 3.00 bits per heavy atom. The SMILES string of the molecule is CN(C)Cc1cncc([C@@H]2CCCN2C(=O)c2cccnn2)n1. The number of amides is 1. The van der Waals surface area contributed by atoms with Gasteiger partial charge in [0, 0.05) is 25.5 Å². The van der Waals surface area contributed by atoms with Crippen LogP contribution in [0.3, 0.4) is 0 Å². The highest BCUT2D eigenvalue weighted by molar-refractivity contribution is 5.92. The van der Waals surface area contributed by atoms with E-state index in [1.165, 1.54) is 0 Å². The van der Waals surface area contributed by atoms with Crippen molar-refractivity contribution in [3.05, 3.63) is 47.8 Å². The Bertz CT molecular complexity index is 675. The molecular weight excluding hydrogens is 292 g/mol. The number of nitrogens with zero attached hydrogens (tertiary/aromatic N) is 6. The van der Waals surface area contributed by atoms with Gasteiger partial charge in [-0.2, -0.15) is 5.10 Å². The van der Waals surface area contributed by atoms with Crippen LogP contribution in [0.2, 0.25) is 0 Å². The number of carbonyl (C=O) groups is 1. The Kier molecular flexibility index (Phi) is 4.57. The standard InChI is InChI=1S/C16H20N6O/c1-21(2)11-12-9-17-10-14(19-12)15-6-4-8-22(15)16(23)13-5-3-7-18-20-13/h3,5,7,9-10,15H,4,6,8,11H2,1-2H3/t15-/m0/s1. The van der Waals surface area contributed by atoms with Gasteiger partial charge in [-0.05, 0) is 39.1 Å². The van der Waals surface area contributed by atoms with Gasteiger partial charge in [0.2, 0.25) is 0 Å². The zero-order valence-electron chi connectivity index (χ0n) is 13.4. The molecule has 0 N–H and O–H groups in total. The van der Waals surface area contributed by atoms with Crippen LogP contribution < -0.4 is 0 Å². The fourth-order valence-electron chi connectivity index (χ4n) is 2.86. The molecule has 1 atom stereocenters. The average molecular weight is 312 g/mol. The summed E-state index contributed by atoms with van der Waals surface area (Å²) in [4.78, 5) is 25.5. The van der Waals surface area contributed by atoms with Gasteiger partial charge in [-0.1, -0.05) is 0 Å². The van der Waals surface area contributed by atoms with Crippen LogP contribution in [0.4, 0.5) is 0 Å². The largest absolute Gasteiger partial charge is 0.329 e. The van der Waals surface area contributed by atoms with E-state index >= 15 is 0 Å². The van der Waals surface area contributed by atoms with E-state index in [1.54, 1.807) is 30.7 Å². The maximum absolute atomic E-state index is 12.7. The molecule has 0 aromatic carbocycles. The van der Waals surface area contributed by atoms with Crippen molar-refractivity contribution in [1.29, 1.82) is 0 Å². The minimum atomic E-state index is -0.0968. The normalized spacial score (nSPS) is 17.7. The Balaban J connectivity index is 1.83. The number of carbonyl (C=O) groups excluding carboxylic acids is 1. The number of hydrogen-bond donors (Lipinski definition) is 0. The summed E-state index contributed by atoms with van der Waals surface area (Å²) in [5.41, 5.74) is 2.13. The molecule has 3 rings (SSSR count). The van der Waals surface area contributed by atoms with Crippen LogP contribution in [0.15, 0.2) is 30.7 Å². The first-order valence-electron chi connectivity index (χ1n) is 7.69. The van der Waals surface area contributed by atoms with E-state index in [2.05, 4.69) is 20.2 Å². The molecule has 3 heterocycles. The van der Waals surface area contributed by atoms with E-state index in [4.69, 9.17) is 0 Å². The third kappa shape index (κ3) is 3.50. The highest BCUT2D eigenvalue weighted by Crippen LogP contribution is 2.31. The Labute approximate surface area is 135 Å². The van der Waals surface area contributed by atoms with Crippen LogP contribution in [0.5, 0.6) is 0 Å². The third-order valence-corrected chi connectivity index (χ3v) is 3.83. The second-order valence-electron chi connectivity index (χ2n) is 5.94. The summed E-state index contributed by atoms with van der Waals surface area (Å²) in [6.07, 6.45) is 6.94. The first-order valence-corrected chi connectivity index (χ1v) is 7.69. The van der Waals surface area contributed by atoms with Crippen LogP contribution >= 0.6 is 0 Å². The molecule has 0 saturated carbocycles. The summed E-state index contributed by atoms with van der Waals surface area (Å²) in [6, 6.07) is 3.38. The quantitative estimate of drug-likeness (QED) is 0.847. The summed E-state index contributed by atoms with van der Waals surface area (Å²) < 4.78 is 0. The zero-order chi connectivity index (χ0) is 16.2. The molecule has 1 aliphatic rings. The lowest BCUT2D eigenvalue weighted by molar-refractivity contribution is 0.0725. The highest BCUT2D eigenvalue weighted by Gasteiger charge is 2.32. The molecule has 7 nitrogen and oxygen atoms in total. The first-order chi connectivity index (χ1) is 11.1. The maximum Gasteiger partial charge on any atom is 0.274 e. The van der Waals surface area contributed by atoms with Crippen molar-refractivity contribution in [2.24, 2.45) is 0 Å². The summed E-state index contributed by atoms with van der Waals surface area (Å²) in [5.74, 6) is -0.0968. The van der Waals surface area contributed by atoms with Gasteiger partial charge in [-0.15, -0.1) is 5.10 Å². The monoisotopic (exact) mass is 312 g/mol. The maximum atomic E-state index is 12.7. The van der Waals surface area contributed by atoms with Crippen LogP contribution in [-0.4, -0.2) is 56.5 Å². The topological polar surface area (TPSA) is 75.1 Å². The molecule has 1 amide bonds. The molecule has 2 aromatic rings. The third-order valence-electron chi connectivity index (χ3n) is 3.83. The zero-order valence-corrected chi connectivity index (χ0v) is 13.4. The molecule has 0 spiro atoms. The highest BCUT2D eigenvalue weighted by atomic mass is 16.2. The molecule has 1 saturated heterocycles. The minimum Gasteiger partial charge on any atom is -0.329 e. The van der Waals surface area contributed by atoms with Crippen molar-refractivity contribution >= 4 is 5.91 Å². The van der Waals surface area contributed by atoms with Gasteiger partial charge >= 0.3 is 0 Å². The molecule has 23 heavy (non-hydrogen) atoms. The van der Waals surface area contributed by atoms with E-state index in [9.17, 15) is 4.79 Å².